The van der Waals surface area contributed by atoms with E-state index in [4.69, 9.17) is 14.0 Å². The monoisotopic (exact) mass is 549 g/mol. The molecule has 0 radical (unpaired) electrons. The summed E-state index contributed by atoms with van der Waals surface area (Å²) in [5, 5.41) is 3.86. The second-order valence-corrected chi connectivity index (χ2v) is 10.9. The molecule has 0 bridgehead atoms. The molecule has 206 valence electrons. The summed E-state index contributed by atoms with van der Waals surface area (Å²) in [5.74, 6) is 2.08. The summed E-state index contributed by atoms with van der Waals surface area (Å²) < 4.78 is 46.6. The van der Waals surface area contributed by atoms with Crippen LogP contribution in [0.2, 0.25) is 0 Å². The molecule has 2 heterocycles. The van der Waals surface area contributed by atoms with Crippen LogP contribution in [-0.4, -0.2) is 25.2 Å². The van der Waals surface area contributed by atoms with Crippen LogP contribution in [0.15, 0.2) is 57.9 Å². The standard InChI is InChI=1S/C30H35N3O5S/c1-7-23-16-22(18-37-27-17-24(8-2)31-20(5)29(27)36-9-3)14-15-25(23)26-12-10-11-13-28(26)39(34,35)33-30-19(4)21(6)38-32-30/h10-17H,7-9,18H2,1-6H3,(H,32,33). The van der Waals surface area contributed by atoms with Gasteiger partial charge in [0.15, 0.2) is 17.3 Å². The number of rotatable bonds is 11. The first-order valence-electron chi connectivity index (χ1n) is 13.1. The molecule has 0 saturated heterocycles. The van der Waals surface area contributed by atoms with Crippen LogP contribution >= 0.6 is 0 Å². The fourth-order valence-corrected chi connectivity index (χ4v) is 5.65. The smallest absolute Gasteiger partial charge is 0.263 e. The number of sulfonamides is 1. The van der Waals surface area contributed by atoms with Gasteiger partial charge in [0.25, 0.3) is 10.0 Å². The fourth-order valence-electron chi connectivity index (χ4n) is 4.37. The van der Waals surface area contributed by atoms with Crippen molar-refractivity contribution in [2.24, 2.45) is 0 Å². The molecule has 8 nitrogen and oxygen atoms in total. The molecule has 9 heteroatoms. The van der Waals surface area contributed by atoms with Crippen molar-refractivity contribution in [2.45, 2.75) is 65.9 Å². The van der Waals surface area contributed by atoms with Crippen LogP contribution in [0.25, 0.3) is 11.1 Å². The number of benzene rings is 2. The van der Waals surface area contributed by atoms with Gasteiger partial charge in [-0.05, 0) is 63.3 Å². The summed E-state index contributed by atoms with van der Waals surface area (Å²) in [5.41, 5.74) is 5.84. The number of nitrogens with one attached hydrogen (secondary N) is 1. The van der Waals surface area contributed by atoms with E-state index in [1.54, 1.807) is 26.0 Å². The maximum atomic E-state index is 13.4. The second-order valence-electron chi connectivity index (χ2n) is 9.26. The SMILES string of the molecule is CCOc1c(OCc2ccc(-c3ccccc3S(=O)(=O)Nc3noc(C)c3C)c(CC)c2)cc(CC)nc1C. The Morgan fingerprint density at radius 2 is 1.69 bits per heavy atom. The highest BCUT2D eigenvalue weighted by atomic mass is 32.2. The lowest BCUT2D eigenvalue weighted by atomic mass is 9.96. The Labute approximate surface area is 230 Å². The Bertz CT molecular complexity index is 1580. The van der Waals surface area contributed by atoms with E-state index in [9.17, 15) is 8.42 Å². The molecule has 0 aliphatic rings. The largest absolute Gasteiger partial charge is 0.488 e. The van der Waals surface area contributed by atoms with E-state index in [0.717, 1.165) is 34.5 Å². The van der Waals surface area contributed by atoms with Gasteiger partial charge in [0.05, 0.1) is 17.2 Å². The lowest BCUT2D eigenvalue weighted by molar-refractivity contribution is 0.266. The minimum atomic E-state index is -3.92. The minimum Gasteiger partial charge on any atom is -0.488 e. The number of ether oxygens (including phenoxy) is 2. The summed E-state index contributed by atoms with van der Waals surface area (Å²) in [7, 11) is -3.92. The number of hydrogen-bond acceptors (Lipinski definition) is 7. The first-order chi connectivity index (χ1) is 18.7. The molecule has 0 atom stereocenters. The molecule has 0 saturated carbocycles. The normalized spacial score (nSPS) is 11.4. The van der Waals surface area contributed by atoms with Gasteiger partial charge in [-0.1, -0.05) is 55.4 Å². The van der Waals surface area contributed by atoms with Gasteiger partial charge in [0.1, 0.15) is 12.4 Å². The molecule has 39 heavy (non-hydrogen) atoms. The van der Waals surface area contributed by atoms with Gasteiger partial charge in [-0.15, -0.1) is 0 Å². The van der Waals surface area contributed by atoms with E-state index in [1.165, 1.54) is 0 Å². The van der Waals surface area contributed by atoms with Crippen LogP contribution in [0.5, 0.6) is 11.5 Å². The molecule has 2 aromatic heterocycles. The van der Waals surface area contributed by atoms with E-state index in [1.807, 2.05) is 51.1 Å². The third-order valence-electron chi connectivity index (χ3n) is 6.61. The van der Waals surface area contributed by atoms with Crippen molar-refractivity contribution in [2.75, 3.05) is 11.3 Å². The van der Waals surface area contributed by atoms with Gasteiger partial charge in [0, 0.05) is 22.9 Å². The van der Waals surface area contributed by atoms with Crippen molar-refractivity contribution < 1.29 is 22.4 Å². The molecule has 0 amide bonds. The van der Waals surface area contributed by atoms with Crippen LogP contribution in [0.3, 0.4) is 0 Å². The van der Waals surface area contributed by atoms with Crippen LogP contribution in [-0.2, 0) is 29.5 Å². The maximum absolute atomic E-state index is 13.4. The Morgan fingerprint density at radius 1 is 0.923 bits per heavy atom. The van der Waals surface area contributed by atoms with E-state index in [0.29, 0.717) is 48.0 Å². The van der Waals surface area contributed by atoms with E-state index in [-0.39, 0.29) is 10.7 Å². The fraction of sp³-hybridized carbons (Fsp3) is 0.333. The summed E-state index contributed by atoms with van der Waals surface area (Å²) >= 11 is 0. The third kappa shape index (κ3) is 6.09. The first-order valence-corrected chi connectivity index (χ1v) is 14.6. The molecular formula is C30H35N3O5S. The lowest BCUT2D eigenvalue weighted by Crippen LogP contribution is -2.15. The summed E-state index contributed by atoms with van der Waals surface area (Å²) in [6.07, 6.45) is 1.51. The molecule has 0 unspecified atom stereocenters. The molecule has 0 spiro atoms. The Kier molecular flexibility index (Phi) is 8.60. The summed E-state index contributed by atoms with van der Waals surface area (Å²) in [6.45, 7) is 12.3. The number of nitrogens with zero attached hydrogens (tertiary/aromatic N) is 2. The highest BCUT2D eigenvalue weighted by Gasteiger charge is 2.23. The zero-order valence-corrected chi connectivity index (χ0v) is 24.1. The van der Waals surface area contributed by atoms with Crippen molar-refractivity contribution in [3.05, 3.63) is 82.4 Å². The second kappa shape index (κ2) is 11.9. The minimum absolute atomic E-state index is 0.171. The third-order valence-corrected chi connectivity index (χ3v) is 8.01. The number of hydrogen-bond donors (Lipinski definition) is 1. The number of anilines is 1. The molecule has 0 aliphatic heterocycles. The number of aromatic nitrogens is 2. The van der Waals surface area contributed by atoms with E-state index < -0.39 is 10.0 Å². The first kappa shape index (κ1) is 28.2. The Morgan fingerprint density at radius 3 is 2.36 bits per heavy atom. The predicted octanol–water partition coefficient (Wildman–Crippen LogP) is 6.57. The van der Waals surface area contributed by atoms with Gasteiger partial charge in [-0.25, -0.2) is 8.42 Å². The van der Waals surface area contributed by atoms with Gasteiger partial charge in [-0.2, -0.15) is 0 Å². The highest BCUT2D eigenvalue weighted by Crippen LogP contribution is 2.34. The Balaban J connectivity index is 1.64. The van der Waals surface area contributed by atoms with Gasteiger partial charge in [0.2, 0.25) is 0 Å². The summed E-state index contributed by atoms with van der Waals surface area (Å²) in [4.78, 5) is 4.76. The van der Waals surface area contributed by atoms with Crippen LogP contribution in [0.4, 0.5) is 5.82 Å². The molecular weight excluding hydrogens is 514 g/mol. The van der Waals surface area contributed by atoms with Crippen LogP contribution in [0, 0.1) is 20.8 Å². The Hall–Kier alpha value is -3.85. The molecule has 0 aliphatic carbocycles. The van der Waals surface area contributed by atoms with Crippen molar-refractivity contribution >= 4 is 15.8 Å². The quantitative estimate of drug-likeness (QED) is 0.226. The molecule has 4 aromatic rings. The molecule has 0 fully saturated rings. The van der Waals surface area contributed by atoms with Crippen LogP contribution < -0.4 is 14.2 Å². The van der Waals surface area contributed by atoms with Crippen molar-refractivity contribution in [3.8, 4) is 22.6 Å². The average Bonchev–Trinajstić information content (AvgIpc) is 3.24. The molecule has 1 N–H and O–H groups in total. The number of aryl methyl sites for hydroxylation is 4. The average molecular weight is 550 g/mol. The molecule has 2 aromatic carbocycles. The van der Waals surface area contributed by atoms with Gasteiger partial charge >= 0.3 is 0 Å². The van der Waals surface area contributed by atoms with Crippen molar-refractivity contribution in [1.82, 2.24) is 10.1 Å². The lowest BCUT2D eigenvalue weighted by Gasteiger charge is -2.17. The van der Waals surface area contributed by atoms with Gasteiger partial charge < -0.3 is 14.0 Å². The van der Waals surface area contributed by atoms with E-state index in [2.05, 4.69) is 27.9 Å². The van der Waals surface area contributed by atoms with Crippen molar-refractivity contribution in [1.29, 1.82) is 0 Å². The van der Waals surface area contributed by atoms with E-state index >= 15 is 0 Å². The topological polar surface area (TPSA) is 104 Å². The molecule has 4 rings (SSSR count). The predicted molar refractivity (Wildman–Crippen MR) is 152 cm³/mol. The zero-order chi connectivity index (χ0) is 28.2. The number of pyridine rings is 1. The zero-order valence-electron chi connectivity index (χ0n) is 23.3. The van der Waals surface area contributed by atoms with Crippen LogP contribution in [0.1, 0.15) is 54.6 Å². The van der Waals surface area contributed by atoms with Gasteiger partial charge in [-0.3, -0.25) is 9.71 Å². The summed E-state index contributed by atoms with van der Waals surface area (Å²) in [6, 6.07) is 14.9. The van der Waals surface area contributed by atoms with Crippen molar-refractivity contribution in [3.63, 3.8) is 0 Å². The maximum Gasteiger partial charge on any atom is 0.263 e. The highest BCUT2D eigenvalue weighted by molar-refractivity contribution is 7.92.